The van der Waals surface area contributed by atoms with Gasteiger partial charge < -0.3 is 10.6 Å². The van der Waals surface area contributed by atoms with Crippen molar-refractivity contribution in [2.45, 2.75) is 19.9 Å². The molecule has 1 aliphatic heterocycles. The maximum Gasteiger partial charge on any atom is 0.319 e. The summed E-state index contributed by atoms with van der Waals surface area (Å²) in [6.07, 6.45) is 0. The van der Waals surface area contributed by atoms with Crippen LogP contribution in [0.15, 0.2) is 40.0 Å². The van der Waals surface area contributed by atoms with Crippen molar-refractivity contribution in [1.29, 1.82) is 0 Å². The molecule has 0 spiro atoms. The maximum atomic E-state index is 11.7. The van der Waals surface area contributed by atoms with E-state index in [0.29, 0.717) is 11.3 Å². The Bertz CT molecular complexity index is 534. The first-order chi connectivity index (χ1) is 8.49. The summed E-state index contributed by atoms with van der Waals surface area (Å²) in [6.45, 7) is 3.24. The first kappa shape index (κ1) is 12.8. The molecule has 2 rings (SSSR count). The fourth-order valence-electron chi connectivity index (χ4n) is 2.07. The van der Waals surface area contributed by atoms with Crippen molar-refractivity contribution in [3.63, 3.8) is 0 Å². The number of benzene rings is 1. The van der Waals surface area contributed by atoms with Crippen LogP contribution in [0.2, 0.25) is 0 Å². The van der Waals surface area contributed by atoms with Crippen molar-refractivity contribution < 1.29 is 9.59 Å². The van der Waals surface area contributed by atoms with Gasteiger partial charge in [0.25, 0.3) is 0 Å². The van der Waals surface area contributed by atoms with Gasteiger partial charge in [-0.15, -0.1) is 0 Å². The number of carbonyl (C=O) groups is 2. The Balaban J connectivity index is 2.46. The van der Waals surface area contributed by atoms with Crippen LogP contribution in [0, 0.1) is 0 Å². The fraction of sp³-hybridized carbons (Fsp3) is 0.231. The lowest BCUT2D eigenvalue weighted by molar-refractivity contribution is -0.114. The predicted molar refractivity (Wildman–Crippen MR) is 71.9 cm³/mol. The lowest BCUT2D eigenvalue weighted by atomic mass is 9.93. The van der Waals surface area contributed by atoms with Crippen LogP contribution in [0.5, 0.6) is 0 Å². The number of ketones is 1. The van der Waals surface area contributed by atoms with E-state index in [1.165, 1.54) is 6.92 Å². The second-order valence-corrected chi connectivity index (χ2v) is 5.09. The van der Waals surface area contributed by atoms with Crippen molar-refractivity contribution in [3.05, 3.63) is 45.6 Å². The van der Waals surface area contributed by atoms with Gasteiger partial charge >= 0.3 is 6.03 Å². The van der Waals surface area contributed by atoms with Crippen molar-refractivity contribution in [2.75, 3.05) is 0 Å². The normalized spacial score (nSPS) is 19.3. The van der Waals surface area contributed by atoms with Gasteiger partial charge in [0.05, 0.1) is 6.04 Å². The molecule has 2 amide bonds. The molecule has 5 heteroatoms. The van der Waals surface area contributed by atoms with E-state index >= 15 is 0 Å². The molecule has 1 heterocycles. The number of Topliss-reactive ketones (excluding diaryl/α,β-unsaturated/α-hetero) is 1. The van der Waals surface area contributed by atoms with Crippen LogP contribution in [0.1, 0.15) is 25.5 Å². The minimum Gasteiger partial charge on any atom is -0.327 e. The van der Waals surface area contributed by atoms with Gasteiger partial charge in [0.1, 0.15) is 0 Å². The van der Waals surface area contributed by atoms with E-state index in [2.05, 4.69) is 26.6 Å². The van der Waals surface area contributed by atoms with Crippen LogP contribution < -0.4 is 10.6 Å². The monoisotopic (exact) mass is 308 g/mol. The highest BCUT2D eigenvalue weighted by atomic mass is 79.9. The molecule has 0 saturated carbocycles. The van der Waals surface area contributed by atoms with Crippen LogP contribution in [-0.4, -0.2) is 11.8 Å². The Kier molecular flexibility index (Phi) is 3.52. The number of rotatable bonds is 2. The van der Waals surface area contributed by atoms with Crippen LogP contribution >= 0.6 is 15.9 Å². The third kappa shape index (κ3) is 2.46. The number of halogens is 1. The van der Waals surface area contributed by atoms with Gasteiger partial charge in [-0.1, -0.05) is 28.1 Å². The summed E-state index contributed by atoms with van der Waals surface area (Å²) in [7, 11) is 0. The zero-order valence-corrected chi connectivity index (χ0v) is 11.7. The molecular weight excluding hydrogens is 296 g/mol. The van der Waals surface area contributed by atoms with E-state index in [4.69, 9.17) is 0 Å². The summed E-state index contributed by atoms with van der Waals surface area (Å²) < 4.78 is 0.955. The average Bonchev–Trinajstić information content (AvgIpc) is 2.28. The highest BCUT2D eigenvalue weighted by Gasteiger charge is 2.28. The number of allylic oxidation sites excluding steroid dienone is 1. The largest absolute Gasteiger partial charge is 0.327 e. The van der Waals surface area contributed by atoms with Crippen LogP contribution in [0.4, 0.5) is 4.79 Å². The van der Waals surface area contributed by atoms with Gasteiger partial charge in [-0.05, 0) is 31.5 Å². The minimum absolute atomic E-state index is 0.0482. The second kappa shape index (κ2) is 4.94. The SMILES string of the molecule is CC(=O)C1=C(C)NC(=O)NC1c1ccc(Br)cc1. The molecule has 1 aromatic rings. The minimum atomic E-state index is -0.385. The molecule has 0 bridgehead atoms. The second-order valence-electron chi connectivity index (χ2n) is 4.18. The molecule has 4 nitrogen and oxygen atoms in total. The highest BCUT2D eigenvalue weighted by Crippen LogP contribution is 2.27. The number of urea groups is 1. The Morgan fingerprint density at radius 3 is 2.44 bits per heavy atom. The number of nitrogens with one attached hydrogen (secondary N) is 2. The van der Waals surface area contributed by atoms with Gasteiger partial charge in [0.15, 0.2) is 5.78 Å². The number of carbonyl (C=O) groups excluding carboxylic acids is 2. The van der Waals surface area contributed by atoms with Gasteiger partial charge in [-0.3, -0.25) is 4.79 Å². The molecule has 0 radical (unpaired) electrons. The van der Waals surface area contributed by atoms with E-state index in [1.54, 1.807) is 6.92 Å². The molecule has 0 fully saturated rings. The number of hydrogen-bond acceptors (Lipinski definition) is 2. The maximum absolute atomic E-state index is 11.7. The van der Waals surface area contributed by atoms with Crippen LogP contribution in [-0.2, 0) is 4.79 Å². The van der Waals surface area contributed by atoms with E-state index in [0.717, 1.165) is 10.0 Å². The molecule has 1 unspecified atom stereocenters. The average molecular weight is 309 g/mol. The molecule has 1 aliphatic rings. The van der Waals surface area contributed by atoms with Gasteiger partial charge in [0.2, 0.25) is 0 Å². The summed E-state index contributed by atoms with van der Waals surface area (Å²) in [5, 5.41) is 5.39. The molecule has 0 saturated heterocycles. The quantitative estimate of drug-likeness (QED) is 0.882. The van der Waals surface area contributed by atoms with Crippen molar-refractivity contribution >= 4 is 27.7 Å². The Morgan fingerprint density at radius 1 is 1.28 bits per heavy atom. The van der Waals surface area contributed by atoms with E-state index in [-0.39, 0.29) is 17.9 Å². The van der Waals surface area contributed by atoms with Gasteiger partial charge in [-0.2, -0.15) is 0 Å². The number of amides is 2. The van der Waals surface area contributed by atoms with Gasteiger partial charge in [0, 0.05) is 15.7 Å². The summed E-state index contributed by atoms with van der Waals surface area (Å²) in [5.74, 6) is -0.0482. The van der Waals surface area contributed by atoms with E-state index in [9.17, 15) is 9.59 Å². The molecule has 2 N–H and O–H groups in total. The molecule has 1 aromatic carbocycles. The smallest absolute Gasteiger partial charge is 0.319 e. The lowest BCUT2D eigenvalue weighted by Crippen LogP contribution is -2.44. The summed E-state index contributed by atoms with van der Waals surface area (Å²) in [5.41, 5.74) is 2.09. The first-order valence-corrected chi connectivity index (χ1v) is 6.33. The topological polar surface area (TPSA) is 58.2 Å². The molecule has 18 heavy (non-hydrogen) atoms. The fourth-order valence-corrected chi connectivity index (χ4v) is 2.33. The van der Waals surface area contributed by atoms with E-state index < -0.39 is 0 Å². The van der Waals surface area contributed by atoms with Gasteiger partial charge in [-0.25, -0.2) is 4.79 Å². The summed E-state index contributed by atoms with van der Waals surface area (Å²) in [6, 6.07) is 6.87. The summed E-state index contributed by atoms with van der Waals surface area (Å²) >= 11 is 3.36. The highest BCUT2D eigenvalue weighted by molar-refractivity contribution is 9.10. The zero-order valence-electron chi connectivity index (χ0n) is 10.1. The Hall–Kier alpha value is -1.62. The zero-order chi connectivity index (χ0) is 13.3. The third-order valence-electron chi connectivity index (χ3n) is 2.85. The van der Waals surface area contributed by atoms with Crippen LogP contribution in [0.3, 0.4) is 0 Å². The molecule has 0 aliphatic carbocycles. The third-order valence-corrected chi connectivity index (χ3v) is 3.38. The molecule has 1 atom stereocenters. The first-order valence-electron chi connectivity index (χ1n) is 5.53. The van der Waals surface area contributed by atoms with Crippen molar-refractivity contribution in [2.24, 2.45) is 0 Å². The lowest BCUT2D eigenvalue weighted by Gasteiger charge is -2.28. The van der Waals surface area contributed by atoms with Crippen molar-refractivity contribution in [3.8, 4) is 0 Å². The molecular formula is C13H13BrN2O2. The Morgan fingerprint density at radius 2 is 1.89 bits per heavy atom. The van der Waals surface area contributed by atoms with Crippen molar-refractivity contribution in [1.82, 2.24) is 10.6 Å². The Labute approximate surface area is 114 Å². The standard InChI is InChI=1S/C13H13BrN2O2/c1-7-11(8(2)17)12(16-13(18)15-7)9-3-5-10(14)6-4-9/h3-6,12H,1-2H3,(H2,15,16,18). The molecule has 0 aromatic heterocycles. The van der Waals surface area contributed by atoms with Crippen LogP contribution in [0.25, 0.3) is 0 Å². The predicted octanol–water partition coefficient (Wildman–Crippen LogP) is 2.67. The summed E-state index contributed by atoms with van der Waals surface area (Å²) in [4.78, 5) is 23.2. The van der Waals surface area contributed by atoms with E-state index in [1.807, 2.05) is 24.3 Å². The molecule has 94 valence electrons. The number of hydrogen-bond donors (Lipinski definition) is 2.